The van der Waals surface area contributed by atoms with E-state index in [4.69, 9.17) is 5.73 Å². The Labute approximate surface area is 111 Å². The largest absolute Gasteiger partial charge is 0.322 e. The normalized spacial score (nSPS) is 18.1. The maximum absolute atomic E-state index is 11.7. The highest BCUT2D eigenvalue weighted by molar-refractivity contribution is 6.19. The molecule has 1 aliphatic heterocycles. The molecule has 4 nitrogen and oxygen atoms in total. The third-order valence-electron chi connectivity index (χ3n) is 2.99. The number of benzene rings is 2. The first kappa shape index (κ1) is 11.6. The number of nitrogens with zero attached hydrogens (tertiary/aromatic N) is 1. The van der Waals surface area contributed by atoms with Crippen LogP contribution < -0.4 is 11.1 Å². The number of rotatable bonds is 1. The summed E-state index contributed by atoms with van der Waals surface area (Å²) in [5.74, 6) is -0.404. The van der Waals surface area contributed by atoms with Crippen molar-refractivity contribution in [3.63, 3.8) is 0 Å². The van der Waals surface area contributed by atoms with Gasteiger partial charge in [-0.05, 0) is 6.07 Å². The van der Waals surface area contributed by atoms with E-state index >= 15 is 0 Å². The van der Waals surface area contributed by atoms with E-state index in [-0.39, 0.29) is 0 Å². The molecule has 0 fully saturated rings. The second kappa shape index (κ2) is 4.66. The van der Waals surface area contributed by atoms with Gasteiger partial charge in [-0.3, -0.25) is 9.79 Å². The van der Waals surface area contributed by atoms with E-state index in [0.29, 0.717) is 11.4 Å². The van der Waals surface area contributed by atoms with E-state index in [1.807, 2.05) is 54.6 Å². The number of para-hydroxylation sites is 1. The van der Waals surface area contributed by atoms with Crippen molar-refractivity contribution in [2.75, 3.05) is 5.32 Å². The zero-order valence-electron chi connectivity index (χ0n) is 10.1. The molecular weight excluding hydrogens is 238 g/mol. The van der Waals surface area contributed by atoms with E-state index in [9.17, 15) is 4.79 Å². The molecule has 2 aromatic carbocycles. The molecular formula is C15H12N3O. The van der Waals surface area contributed by atoms with E-state index in [1.54, 1.807) is 0 Å². The highest BCUT2D eigenvalue weighted by atomic mass is 16.2. The summed E-state index contributed by atoms with van der Waals surface area (Å²) in [4.78, 5) is 16.0. The van der Waals surface area contributed by atoms with Crippen molar-refractivity contribution in [2.24, 2.45) is 4.99 Å². The van der Waals surface area contributed by atoms with Crippen LogP contribution in [-0.4, -0.2) is 17.8 Å². The summed E-state index contributed by atoms with van der Waals surface area (Å²) in [5.41, 5.74) is 10.9. The minimum absolute atomic E-state index is 0.404. The molecule has 0 saturated heterocycles. The van der Waals surface area contributed by atoms with E-state index in [0.717, 1.165) is 11.1 Å². The molecule has 0 saturated carbocycles. The molecule has 1 amide bonds. The van der Waals surface area contributed by atoms with Crippen molar-refractivity contribution in [3.05, 3.63) is 65.7 Å². The van der Waals surface area contributed by atoms with Crippen molar-refractivity contribution >= 4 is 17.3 Å². The second-order valence-corrected chi connectivity index (χ2v) is 4.28. The number of fused-ring (bicyclic) bond motifs is 1. The Bertz CT molecular complexity index is 649. The van der Waals surface area contributed by atoms with Crippen LogP contribution in [0.5, 0.6) is 0 Å². The van der Waals surface area contributed by atoms with Crippen molar-refractivity contribution in [1.29, 1.82) is 0 Å². The highest BCUT2D eigenvalue weighted by Gasteiger charge is 2.22. The lowest BCUT2D eigenvalue weighted by Crippen LogP contribution is -2.26. The zero-order chi connectivity index (χ0) is 13.2. The summed E-state index contributed by atoms with van der Waals surface area (Å²) in [6.07, 6.45) is -1.14. The Morgan fingerprint density at radius 1 is 1.00 bits per heavy atom. The summed E-state index contributed by atoms with van der Waals surface area (Å²) in [5, 5.41) is 2.73. The summed E-state index contributed by atoms with van der Waals surface area (Å²) in [7, 11) is 0. The van der Waals surface area contributed by atoms with Crippen LogP contribution in [0.15, 0.2) is 59.6 Å². The lowest BCUT2D eigenvalue weighted by Gasteiger charge is -2.09. The highest BCUT2D eigenvalue weighted by Crippen LogP contribution is 2.23. The monoisotopic (exact) mass is 250 g/mol. The van der Waals surface area contributed by atoms with Crippen LogP contribution in [0.2, 0.25) is 0 Å². The molecule has 1 atom stereocenters. The molecule has 1 aliphatic rings. The Hall–Kier alpha value is -2.46. The minimum atomic E-state index is -1.14. The maximum atomic E-state index is 11.7. The van der Waals surface area contributed by atoms with Gasteiger partial charge in [-0.25, -0.2) is 5.73 Å². The van der Waals surface area contributed by atoms with Gasteiger partial charge < -0.3 is 5.32 Å². The molecule has 1 unspecified atom stereocenters. The van der Waals surface area contributed by atoms with Crippen LogP contribution >= 0.6 is 0 Å². The fourth-order valence-corrected chi connectivity index (χ4v) is 2.08. The van der Waals surface area contributed by atoms with Gasteiger partial charge in [0.2, 0.25) is 0 Å². The molecule has 0 aromatic heterocycles. The number of carbonyl (C=O) groups is 1. The first-order chi connectivity index (χ1) is 9.25. The molecule has 0 bridgehead atoms. The number of amides is 1. The third kappa shape index (κ3) is 2.13. The van der Waals surface area contributed by atoms with Crippen LogP contribution in [-0.2, 0) is 4.79 Å². The number of carbonyl (C=O) groups excluding carboxylic acids is 1. The van der Waals surface area contributed by atoms with Gasteiger partial charge in [0.1, 0.15) is 0 Å². The molecule has 2 aromatic rings. The lowest BCUT2D eigenvalue weighted by atomic mass is 10.0. The van der Waals surface area contributed by atoms with Gasteiger partial charge in [-0.1, -0.05) is 48.5 Å². The van der Waals surface area contributed by atoms with Crippen LogP contribution in [0, 0.1) is 0 Å². The first-order valence-corrected chi connectivity index (χ1v) is 6.00. The standard InChI is InChI=1S/C15H12N3O/c16-14-15(19)17-12-9-5-4-8-11(12)13(18-14)10-6-2-1-3-7-10/h1-9,14,16H,(H,17,19). The second-order valence-electron chi connectivity index (χ2n) is 4.28. The first-order valence-electron chi connectivity index (χ1n) is 6.00. The van der Waals surface area contributed by atoms with Gasteiger partial charge in [0.15, 0.2) is 6.17 Å². The van der Waals surface area contributed by atoms with Gasteiger partial charge in [-0.2, -0.15) is 0 Å². The Balaban J connectivity index is 2.21. The molecule has 93 valence electrons. The van der Waals surface area contributed by atoms with Gasteiger partial charge in [0.25, 0.3) is 5.91 Å². The molecule has 4 heteroatoms. The van der Waals surface area contributed by atoms with Crippen molar-refractivity contribution in [2.45, 2.75) is 6.17 Å². The lowest BCUT2D eigenvalue weighted by molar-refractivity contribution is -0.117. The molecule has 19 heavy (non-hydrogen) atoms. The molecule has 0 spiro atoms. The van der Waals surface area contributed by atoms with Crippen molar-refractivity contribution < 1.29 is 4.79 Å². The fraction of sp³-hybridized carbons (Fsp3) is 0.0667. The van der Waals surface area contributed by atoms with Crippen molar-refractivity contribution in [1.82, 2.24) is 5.73 Å². The van der Waals surface area contributed by atoms with Crippen LogP contribution in [0.1, 0.15) is 11.1 Å². The Morgan fingerprint density at radius 3 is 2.47 bits per heavy atom. The predicted octanol–water partition coefficient (Wildman–Crippen LogP) is 2.09. The maximum Gasteiger partial charge on any atom is 0.265 e. The molecule has 2 N–H and O–H groups in total. The van der Waals surface area contributed by atoms with Crippen LogP contribution in [0.4, 0.5) is 5.69 Å². The molecule has 0 aliphatic carbocycles. The Kier molecular flexibility index (Phi) is 2.85. The van der Waals surface area contributed by atoms with Gasteiger partial charge >= 0.3 is 0 Å². The Morgan fingerprint density at radius 2 is 1.68 bits per heavy atom. The summed E-state index contributed by atoms with van der Waals surface area (Å²) in [6.45, 7) is 0. The molecule has 1 radical (unpaired) electrons. The van der Waals surface area contributed by atoms with Gasteiger partial charge in [-0.15, -0.1) is 0 Å². The van der Waals surface area contributed by atoms with E-state index in [2.05, 4.69) is 10.3 Å². The number of nitrogens with one attached hydrogen (secondary N) is 2. The number of hydrogen-bond donors (Lipinski definition) is 1. The number of benzodiazepines with no additional fused rings is 1. The predicted molar refractivity (Wildman–Crippen MR) is 74.0 cm³/mol. The van der Waals surface area contributed by atoms with E-state index in [1.165, 1.54) is 0 Å². The summed E-state index contributed by atoms with van der Waals surface area (Å²) in [6, 6.07) is 17.1. The average molecular weight is 250 g/mol. The average Bonchev–Trinajstić information content (AvgIpc) is 2.58. The summed E-state index contributed by atoms with van der Waals surface area (Å²) >= 11 is 0. The van der Waals surface area contributed by atoms with Crippen LogP contribution in [0.25, 0.3) is 0 Å². The number of hydrogen-bond acceptors (Lipinski definition) is 2. The minimum Gasteiger partial charge on any atom is -0.322 e. The number of anilines is 1. The van der Waals surface area contributed by atoms with Gasteiger partial charge in [0, 0.05) is 11.1 Å². The van der Waals surface area contributed by atoms with Crippen LogP contribution in [0.3, 0.4) is 0 Å². The SMILES string of the molecule is [NH]C1N=C(c2ccccc2)c2ccccc2NC1=O. The molecule has 3 rings (SSSR count). The van der Waals surface area contributed by atoms with Gasteiger partial charge in [0.05, 0.1) is 11.4 Å². The summed E-state index contributed by atoms with van der Waals surface area (Å²) < 4.78 is 0. The zero-order valence-corrected chi connectivity index (χ0v) is 10.1. The van der Waals surface area contributed by atoms with Crippen molar-refractivity contribution in [3.8, 4) is 0 Å². The third-order valence-corrected chi connectivity index (χ3v) is 2.99. The smallest absolute Gasteiger partial charge is 0.265 e. The van der Waals surface area contributed by atoms with E-state index < -0.39 is 12.1 Å². The number of aliphatic imine (C=N–C) groups is 1. The molecule has 1 heterocycles. The fourth-order valence-electron chi connectivity index (χ4n) is 2.08. The topological polar surface area (TPSA) is 65.3 Å². The quantitative estimate of drug-likeness (QED) is 0.827.